The predicted molar refractivity (Wildman–Crippen MR) is 78.0 cm³/mol. The van der Waals surface area contributed by atoms with Crippen LogP contribution in [0.2, 0.25) is 0 Å². The molecule has 4 nitrogen and oxygen atoms in total. The van der Waals surface area contributed by atoms with Gasteiger partial charge in [0.05, 0.1) is 6.61 Å². The number of rotatable bonds is 5. The molecule has 0 amide bonds. The lowest BCUT2D eigenvalue weighted by Crippen LogP contribution is -2.23. The molecule has 20 heavy (non-hydrogen) atoms. The first-order valence-electron chi connectivity index (χ1n) is 6.66. The van der Waals surface area contributed by atoms with Gasteiger partial charge in [-0.05, 0) is 25.5 Å². The second kappa shape index (κ2) is 6.39. The van der Waals surface area contributed by atoms with E-state index < -0.39 is 0 Å². The molecule has 4 heteroatoms. The van der Waals surface area contributed by atoms with Crippen molar-refractivity contribution >= 4 is 0 Å². The molecule has 0 radical (unpaired) electrons. The van der Waals surface area contributed by atoms with Crippen LogP contribution in [0.25, 0.3) is 0 Å². The van der Waals surface area contributed by atoms with E-state index in [1.165, 1.54) is 10.6 Å². The summed E-state index contributed by atoms with van der Waals surface area (Å²) < 4.78 is 7.35. The zero-order valence-electron chi connectivity index (χ0n) is 11.7. The van der Waals surface area contributed by atoms with Crippen LogP contribution in [0.5, 0.6) is 5.75 Å². The zero-order valence-corrected chi connectivity index (χ0v) is 11.7. The van der Waals surface area contributed by atoms with Crippen molar-refractivity contribution in [2.45, 2.75) is 26.5 Å². The van der Waals surface area contributed by atoms with Crippen LogP contribution in [-0.2, 0) is 6.54 Å². The fourth-order valence-corrected chi connectivity index (χ4v) is 2.15. The lowest BCUT2D eigenvalue weighted by Gasteiger charge is -2.16. The Hall–Kier alpha value is -2.07. The highest BCUT2D eigenvalue weighted by Gasteiger charge is 2.09. The van der Waals surface area contributed by atoms with E-state index in [0.29, 0.717) is 12.3 Å². The molecule has 106 valence electrons. The maximum absolute atomic E-state index is 11.9. The summed E-state index contributed by atoms with van der Waals surface area (Å²) in [4.78, 5) is 11.9. The van der Waals surface area contributed by atoms with Crippen molar-refractivity contribution in [1.82, 2.24) is 4.57 Å². The number of aryl methyl sites for hydroxylation is 1. The van der Waals surface area contributed by atoms with Crippen LogP contribution in [0.15, 0.2) is 47.3 Å². The minimum Gasteiger partial charge on any atom is -0.486 e. The molecule has 1 aromatic carbocycles. The fourth-order valence-electron chi connectivity index (χ4n) is 2.15. The Morgan fingerprint density at radius 3 is 2.55 bits per heavy atom. The van der Waals surface area contributed by atoms with Crippen molar-refractivity contribution in [3.63, 3.8) is 0 Å². The van der Waals surface area contributed by atoms with Crippen LogP contribution in [0.1, 0.15) is 24.3 Å². The summed E-state index contributed by atoms with van der Waals surface area (Å²) in [5.74, 6) is 0.554. The molecule has 0 aliphatic rings. The van der Waals surface area contributed by atoms with E-state index in [0.717, 1.165) is 11.3 Å². The molecule has 1 N–H and O–H groups in total. The van der Waals surface area contributed by atoms with Crippen LogP contribution >= 0.6 is 0 Å². The van der Waals surface area contributed by atoms with E-state index in [-0.39, 0.29) is 18.3 Å². The molecule has 2 rings (SSSR count). The molecule has 0 aliphatic carbocycles. The number of pyridine rings is 1. The van der Waals surface area contributed by atoms with E-state index in [1.807, 2.05) is 50.2 Å². The van der Waals surface area contributed by atoms with Gasteiger partial charge >= 0.3 is 0 Å². The van der Waals surface area contributed by atoms with Gasteiger partial charge in [-0.1, -0.05) is 30.3 Å². The van der Waals surface area contributed by atoms with Crippen molar-refractivity contribution in [3.8, 4) is 5.75 Å². The molecule has 1 heterocycles. The molecular weight excluding hydrogens is 254 g/mol. The van der Waals surface area contributed by atoms with E-state index in [2.05, 4.69) is 0 Å². The van der Waals surface area contributed by atoms with Crippen LogP contribution in [0.4, 0.5) is 0 Å². The molecule has 2 aromatic rings. The first-order valence-corrected chi connectivity index (χ1v) is 6.66. The summed E-state index contributed by atoms with van der Waals surface area (Å²) in [6, 6.07) is 13.1. The number of hydrogen-bond donors (Lipinski definition) is 1. The van der Waals surface area contributed by atoms with Crippen molar-refractivity contribution < 1.29 is 9.84 Å². The van der Waals surface area contributed by atoms with Gasteiger partial charge in [-0.15, -0.1) is 0 Å². The normalized spacial score (nSPS) is 12.2. The summed E-state index contributed by atoms with van der Waals surface area (Å²) >= 11 is 0. The quantitative estimate of drug-likeness (QED) is 0.909. The first kappa shape index (κ1) is 14.3. The standard InChI is InChI=1S/C16H19NO3/c1-12-10-15(11-16(19)17(12)8-9-18)20-13(2)14-6-4-3-5-7-14/h3-7,10-11,13,18H,8-9H2,1-2H3/t13-/m1/s1. The van der Waals surface area contributed by atoms with Crippen molar-refractivity contribution in [3.05, 3.63) is 64.1 Å². The van der Waals surface area contributed by atoms with Crippen LogP contribution < -0.4 is 10.3 Å². The van der Waals surface area contributed by atoms with Crippen LogP contribution in [-0.4, -0.2) is 16.3 Å². The highest BCUT2D eigenvalue weighted by molar-refractivity contribution is 5.25. The Morgan fingerprint density at radius 2 is 1.95 bits per heavy atom. The van der Waals surface area contributed by atoms with Gasteiger partial charge in [0.2, 0.25) is 0 Å². The first-order chi connectivity index (χ1) is 9.61. The molecule has 0 aliphatic heterocycles. The monoisotopic (exact) mass is 273 g/mol. The van der Waals surface area contributed by atoms with Crippen LogP contribution in [0.3, 0.4) is 0 Å². The molecule has 0 bridgehead atoms. The zero-order chi connectivity index (χ0) is 14.5. The Balaban J connectivity index is 2.20. The second-order valence-corrected chi connectivity index (χ2v) is 4.72. The lowest BCUT2D eigenvalue weighted by molar-refractivity contribution is 0.225. The maximum Gasteiger partial charge on any atom is 0.254 e. The van der Waals surface area contributed by atoms with Crippen molar-refractivity contribution in [1.29, 1.82) is 0 Å². The van der Waals surface area contributed by atoms with E-state index in [9.17, 15) is 4.79 Å². The van der Waals surface area contributed by atoms with Gasteiger partial charge in [0.15, 0.2) is 0 Å². The number of ether oxygens (including phenoxy) is 1. The van der Waals surface area contributed by atoms with E-state index in [4.69, 9.17) is 9.84 Å². The molecular formula is C16H19NO3. The van der Waals surface area contributed by atoms with Gasteiger partial charge in [-0.3, -0.25) is 4.79 Å². The maximum atomic E-state index is 11.9. The van der Waals surface area contributed by atoms with Crippen molar-refractivity contribution in [2.24, 2.45) is 0 Å². The lowest BCUT2D eigenvalue weighted by atomic mass is 10.1. The third-order valence-corrected chi connectivity index (χ3v) is 3.21. The van der Waals surface area contributed by atoms with Crippen molar-refractivity contribution in [2.75, 3.05) is 6.61 Å². The average molecular weight is 273 g/mol. The molecule has 0 spiro atoms. The number of nitrogens with zero attached hydrogens (tertiary/aromatic N) is 1. The van der Waals surface area contributed by atoms with Gasteiger partial charge in [-0.25, -0.2) is 0 Å². The molecule has 0 fully saturated rings. The molecule has 1 aromatic heterocycles. The second-order valence-electron chi connectivity index (χ2n) is 4.72. The van der Waals surface area contributed by atoms with Gasteiger partial charge in [0.25, 0.3) is 5.56 Å². The van der Waals surface area contributed by atoms with E-state index in [1.54, 1.807) is 0 Å². The Labute approximate surface area is 118 Å². The Morgan fingerprint density at radius 1 is 1.25 bits per heavy atom. The molecule has 0 saturated carbocycles. The molecule has 0 unspecified atom stereocenters. The summed E-state index contributed by atoms with van der Waals surface area (Å²) in [6.45, 7) is 4.03. The number of aromatic nitrogens is 1. The third-order valence-electron chi connectivity index (χ3n) is 3.21. The summed E-state index contributed by atoms with van der Waals surface area (Å²) in [5.41, 5.74) is 1.68. The predicted octanol–water partition coefficient (Wildman–Crippen LogP) is 2.29. The largest absolute Gasteiger partial charge is 0.486 e. The number of aliphatic hydroxyl groups excluding tert-OH is 1. The minimum absolute atomic E-state index is 0.0542. The smallest absolute Gasteiger partial charge is 0.254 e. The SMILES string of the molecule is Cc1cc(O[C@H](C)c2ccccc2)cc(=O)n1CCO. The Bertz CT molecular complexity index is 619. The average Bonchev–Trinajstić information content (AvgIpc) is 2.44. The van der Waals surface area contributed by atoms with Gasteiger partial charge < -0.3 is 14.4 Å². The fraction of sp³-hybridized carbons (Fsp3) is 0.312. The Kier molecular flexibility index (Phi) is 4.58. The highest BCUT2D eigenvalue weighted by atomic mass is 16.5. The van der Waals surface area contributed by atoms with Gasteiger partial charge in [0.1, 0.15) is 11.9 Å². The summed E-state index contributed by atoms with van der Waals surface area (Å²) in [6.07, 6.45) is -0.122. The van der Waals surface area contributed by atoms with Gasteiger partial charge in [-0.2, -0.15) is 0 Å². The highest BCUT2D eigenvalue weighted by Crippen LogP contribution is 2.20. The number of benzene rings is 1. The number of aliphatic hydroxyl groups is 1. The third kappa shape index (κ3) is 3.27. The number of hydrogen-bond acceptors (Lipinski definition) is 3. The summed E-state index contributed by atoms with van der Waals surface area (Å²) in [7, 11) is 0. The molecule has 1 atom stereocenters. The molecule has 0 saturated heterocycles. The topological polar surface area (TPSA) is 51.5 Å². The summed E-state index contributed by atoms with van der Waals surface area (Å²) in [5, 5.41) is 8.94. The van der Waals surface area contributed by atoms with Gasteiger partial charge in [0, 0.05) is 18.3 Å². The minimum atomic E-state index is -0.158. The van der Waals surface area contributed by atoms with E-state index >= 15 is 0 Å². The van der Waals surface area contributed by atoms with Crippen LogP contribution in [0, 0.1) is 6.92 Å².